The van der Waals surface area contributed by atoms with E-state index >= 15 is 0 Å². The standard InChI is InChI=1S/C15H16N4O/c20-14-12-7-4-8-16-13(12)19(11-5-2-1-3-6-11)15-17-9-10-18(14)15/h1-3,5-6,16H,4,7-10H2. The maximum absolute atomic E-state index is 12.5. The van der Waals surface area contributed by atoms with E-state index in [2.05, 4.69) is 27.3 Å². The van der Waals surface area contributed by atoms with Gasteiger partial charge in [0.15, 0.2) is 0 Å². The number of guanidine groups is 1. The molecule has 0 radical (unpaired) electrons. The molecule has 1 amide bonds. The number of nitrogens with zero attached hydrogens (tertiary/aromatic N) is 3. The molecule has 3 aliphatic heterocycles. The number of benzene rings is 1. The minimum absolute atomic E-state index is 0.121. The summed E-state index contributed by atoms with van der Waals surface area (Å²) in [6.07, 6.45) is 1.85. The minimum Gasteiger partial charge on any atom is -0.371 e. The van der Waals surface area contributed by atoms with Gasteiger partial charge < -0.3 is 5.32 Å². The van der Waals surface area contributed by atoms with Gasteiger partial charge >= 0.3 is 0 Å². The molecule has 0 atom stereocenters. The Kier molecular flexibility index (Phi) is 2.52. The van der Waals surface area contributed by atoms with E-state index in [1.54, 1.807) is 4.90 Å². The fourth-order valence-electron chi connectivity index (χ4n) is 3.02. The van der Waals surface area contributed by atoms with Gasteiger partial charge in [-0.3, -0.25) is 19.6 Å². The van der Waals surface area contributed by atoms with Gasteiger partial charge in [0, 0.05) is 13.1 Å². The van der Waals surface area contributed by atoms with Gasteiger partial charge in [0.25, 0.3) is 5.91 Å². The molecule has 5 heteroatoms. The van der Waals surface area contributed by atoms with Crippen LogP contribution < -0.4 is 10.2 Å². The summed E-state index contributed by atoms with van der Waals surface area (Å²) < 4.78 is 0. The lowest BCUT2D eigenvalue weighted by Crippen LogP contribution is -2.54. The maximum Gasteiger partial charge on any atom is 0.260 e. The first kappa shape index (κ1) is 11.5. The number of anilines is 1. The van der Waals surface area contributed by atoms with Crippen molar-refractivity contribution in [3.63, 3.8) is 0 Å². The summed E-state index contributed by atoms with van der Waals surface area (Å²) in [7, 11) is 0. The number of nitrogens with one attached hydrogen (secondary N) is 1. The molecule has 0 fully saturated rings. The molecule has 20 heavy (non-hydrogen) atoms. The zero-order valence-corrected chi connectivity index (χ0v) is 11.2. The van der Waals surface area contributed by atoms with Gasteiger partial charge in [0.1, 0.15) is 5.82 Å². The summed E-state index contributed by atoms with van der Waals surface area (Å²) in [6.45, 7) is 2.28. The van der Waals surface area contributed by atoms with Crippen molar-refractivity contribution in [2.24, 2.45) is 4.99 Å². The Bertz CT molecular complexity index is 620. The molecule has 0 unspecified atom stereocenters. The molecular formula is C15H16N4O. The fourth-order valence-corrected chi connectivity index (χ4v) is 3.02. The zero-order chi connectivity index (χ0) is 13.5. The third-order valence-electron chi connectivity index (χ3n) is 3.94. The SMILES string of the molecule is O=C1C2=C(NCCC2)N(c2ccccc2)C2=NCCN12. The lowest BCUT2D eigenvalue weighted by atomic mass is 10.0. The molecule has 0 spiro atoms. The van der Waals surface area contributed by atoms with Crippen molar-refractivity contribution >= 4 is 17.6 Å². The number of carbonyl (C=O) groups excluding carboxylic acids is 1. The number of aliphatic imine (C=N–C) groups is 1. The van der Waals surface area contributed by atoms with Crippen LogP contribution in [0.25, 0.3) is 0 Å². The molecule has 3 aliphatic rings. The van der Waals surface area contributed by atoms with Crippen LogP contribution >= 0.6 is 0 Å². The zero-order valence-electron chi connectivity index (χ0n) is 11.2. The van der Waals surface area contributed by atoms with Crippen molar-refractivity contribution in [3.05, 3.63) is 41.7 Å². The molecule has 0 saturated carbocycles. The Hall–Kier alpha value is -2.30. The minimum atomic E-state index is 0.121. The molecule has 3 heterocycles. The van der Waals surface area contributed by atoms with Gasteiger partial charge in [-0.05, 0) is 25.0 Å². The second-order valence-corrected chi connectivity index (χ2v) is 5.17. The van der Waals surface area contributed by atoms with Crippen LogP contribution in [0.3, 0.4) is 0 Å². The predicted octanol–water partition coefficient (Wildman–Crippen LogP) is 1.30. The Balaban J connectivity index is 1.89. The van der Waals surface area contributed by atoms with E-state index in [9.17, 15) is 4.79 Å². The van der Waals surface area contributed by atoms with Crippen LogP contribution in [0.1, 0.15) is 12.8 Å². The van der Waals surface area contributed by atoms with Crippen LogP contribution in [0.4, 0.5) is 5.69 Å². The van der Waals surface area contributed by atoms with Gasteiger partial charge in [-0.2, -0.15) is 0 Å². The number of para-hydroxylation sites is 1. The third-order valence-corrected chi connectivity index (χ3v) is 3.94. The average molecular weight is 268 g/mol. The summed E-state index contributed by atoms with van der Waals surface area (Å²) in [5, 5.41) is 3.39. The lowest BCUT2D eigenvalue weighted by Gasteiger charge is -2.39. The summed E-state index contributed by atoms with van der Waals surface area (Å²) >= 11 is 0. The summed E-state index contributed by atoms with van der Waals surface area (Å²) in [4.78, 5) is 21.0. The van der Waals surface area contributed by atoms with Crippen LogP contribution in [-0.4, -0.2) is 36.4 Å². The van der Waals surface area contributed by atoms with Crippen LogP contribution in [0.5, 0.6) is 0 Å². The van der Waals surface area contributed by atoms with Crippen LogP contribution in [-0.2, 0) is 4.79 Å². The normalized spacial score (nSPS) is 21.4. The molecule has 0 saturated heterocycles. The van der Waals surface area contributed by atoms with E-state index in [0.29, 0.717) is 13.1 Å². The van der Waals surface area contributed by atoms with Crippen molar-refractivity contribution in [3.8, 4) is 0 Å². The molecule has 102 valence electrons. The van der Waals surface area contributed by atoms with Crippen molar-refractivity contribution in [2.45, 2.75) is 12.8 Å². The van der Waals surface area contributed by atoms with Crippen LogP contribution in [0, 0.1) is 0 Å². The highest BCUT2D eigenvalue weighted by Crippen LogP contribution is 2.32. The Morgan fingerprint density at radius 2 is 2.05 bits per heavy atom. The number of hydrogen-bond donors (Lipinski definition) is 1. The lowest BCUT2D eigenvalue weighted by molar-refractivity contribution is -0.123. The second-order valence-electron chi connectivity index (χ2n) is 5.17. The van der Waals surface area contributed by atoms with E-state index in [1.807, 2.05) is 18.2 Å². The first-order chi connectivity index (χ1) is 9.86. The molecular weight excluding hydrogens is 252 g/mol. The Morgan fingerprint density at radius 1 is 1.20 bits per heavy atom. The van der Waals surface area contributed by atoms with E-state index in [4.69, 9.17) is 0 Å². The highest BCUT2D eigenvalue weighted by atomic mass is 16.2. The number of fused-ring (bicyclic) bond motifs is 1. The summed E-state index contributed by atoms with van der Waals surface area (Å²) in [5.74, 6) is 1.80. The van der Waals surface area contributed by atoms with Gasteiger partial charge in [0.05, 0.1) is 17.8 Å². The third kappa shape index (κ3) is 1.56. The van der Waals surface area contributed by atoms with E-state index in [1.165, 1.54) is 0 Å². The van der Waals surface area contributed by atoms with Gasteiger partial charge in [0.2, 0.25) is 5.96 Å². The highest BCUT2D eigenvalue weighted by Gasteiger charge is 2.40. The van der Waals surface area contributed by atoms with Crippen molar-refractivity contribution < 1.29 is 4.79 Å². The number of rotatable bonds is 1. The molecule has 1 aromatic rings. The van der Waals surface area contributed by atoms with Gasteiger partial charge in [-0.1, -0.05) is 18.2 Å². The Morgan fingerprint density at radius 3 is 2.90 bits per heavy atom. The number of amides is 1. The second kappa shape index (κ2) is 4.37. The quantitative estimate of drug-likeness (QED) is 0.835. The summed E-state index contributed by atoms with van der Waals surface area (Å²) in [5.41, 5.74) is 1.94. The van der Waals surface area contributed by atoms with E-state index in [-0.39, 0.29) is 5.91 Å². The molecule has 1 aromatic carbocycles. The molecule has 5 nitrogen and oxygen atoms in total. The topological polar surface area (TPSA) is 47.9 Å². The first-order valence-corrected chi connectivity index (χ1v) is 7.05. The smallest absolute Gasteiger partial charge is 0.260 e. The predicted molar refractivity (Wildman–Crippen MR) is 77.2 cm³/mol. The van der Waals surface area contributed by atoms with E-state index in [0.717, 1.165) is 42.4 Å². The van der Waals surface area contributed by atoms with Gasteiger partial charge in [-0.15, -0.1) is 0 Å². The monoisotopic (exact) mass is 268 g/mol. The maximum atomic E-state index is 12.5. The highest BCUT2D eigenvalue weighted by molar-refractivity contribution is 6.16. The van der Waals surface area contributed by atoms with Crippen LogP contribution in [0.2, 0.25) is 0 Å². The van der Waals surface area contributed by atoms with Crippen LogP contribution in [0.15, 0.2) is 46.7 Å². The molecule has 0 bridgehead atoms. The van der Waals surface area contributed by atoms with Gasteiger partial charge in [-0.25, -0.2) is 0 Å². The molecule has 0 aromatic heterocycles. The number of carbonyl (C=O) groups is 1. The molecule has 4 rings (SSSR count). The van der Waals surface area contributed by atoms with Crippen molar-refractivity contribution in [1.29, 1.82) is 0 Å². The summed E-state index contributed by atoms with van der Waals surface area (Å²) in [6, 6.07) is 10.1. The average Bonchev–Trinajstić information content (AvgIpc) is 2.98. The first-order valence-electron chi connectivity index (χ1n) is 7.05. The molecule has 1 N–H and O–H groups in total. The Labute approximate surface area is 117 Å². The largest absolute Gasteiger partial charge is 0.371 e. The van der Waals surface area contributed by atoms with Crippen molar-refractivity contribution in [1.82, 2.24) is 10.2 Å². The van der Waals surface area contributed by atoms with Crippen molar-refractivity contribution in [2.75, 3.05) is 24.5 Å². The number of hydrogen-bond acceptors (Lipinski definition) is 4. The molecule has 0 aliphatic carbocycles. The fraction of sp³-hybridized carbons (Fsp3) is 0.333. The van der Waals surface area contributed by atoms with E-state index < -0.39 is 0 Å².